The molecule has 0 spiro atoms. The highest BCUT2D eigenvalue weighted by molar-refractivity contribution is 5.48. The Morgan fingerprint density at radius 2 is 1.71 bits per heavy atom. The maximum atomic E-state index is 2.53. The van der Waals surface area contributed by atoms with Crippen molar-refractivity contribution in [3.05, 3.63) is 29.8 Å². The molecule has 0 amide bonds. The van der Waals surface area contributed by atoms with Crippen LogP contribution in [0.15, 0.2) is 24.3 Å². The van der Waals surface area contributed by atoms with Gasteiger partial charge in [-0.15, -0.1) is 0 Å². The second kappa shape index (κ2) is 4.50. The van der Waals surface area contributed by atoms with Gasteiger partial charge in [-0.3, -0.25) is 0 Å². The molecule has 0 aliphatic carbocycles. The van der Waals surface area contributed by atoms with E-state index in [1.54, 1.807) is 0 Å². The van der Waals surface area contributed by atoms with E-state index in [2.05, 4.69) is 36.1 Å². The standard InChI is InChI=1S/C13H19N/c1-12-7-6-8-13(11-12)14-9-4-2-3-5-10-14/h6-8,11H,2-5,9-10H2,1H3. The molecule has 76 valence electrons. The number of nitrogens with zero attached hydrogens (tertiary/aromatic N) is 1. The lowest BCUT2D eigenvalue weighted by atomic mass is 10.2. The van der Waals surface area contributed by atoms with Crippen molar-refractivity contribution < 1.29 is 0 Å². The predicted octanol–water partition coefficient (Wildman–Crippen LogP) is 3.38. The fraction of sp³-hybridized carbons (Fsp3) is 0.538. The molecule has 0 N–H and O–H groups in total. The van der Waals surface area contributed by atoms with Gasteiger partial charge in [0.05, 0.1) is 0 Å². The number of hydrogen-bond acceptors (Lipinski definition) is 1. The molecular weight excluding hydrogens is 170 g/mol. The summed E-state index contributed by atoms with van der Waals surface area (Å²) in [4.78, 5) is 2.53. The van der Waals surface area contributed by atoms with Gasteiger partial charge in [0, 0.05) is 18.8 Å². The second-order valence-corrected chi connectivity index (χ2v) is 4.24. The van der Waals surface area contributed by atoms with Crippen LogP contribution >= 0.6 is 0 Å². The van der Waals surface area contributed by atoms with Gasteiger partial charge in [0.25, 0.3) is 0 Å². The zero-order valence-electron chi connectivity index (χ0n) is 9.00. The van der Waals surface area contributed by atoms with Gasteiger partial charge in [-0.05, 0) is 37.5 Å². The lowest BCUT2D eigenvalue weighted by Gasteiger charge is -2.22. The summed E-state index contributed by atoms with van der Waals surface area (Å²) in [5, 5.41) is 0. The number of aryl methyl sites for hydroxylation is 1. The number of hydrogen-bond donors (Lipinski definition) is 0. The zero-order valence-corrected chi connectivity index (χ0v) is 9.00. The van der Waals surface area contributed by atoms with E-state index in [0.29, 0.717) is 0 Å². The summed E-state index contributed by atoms with van der Waals surface area (Å²) >= 11 is 0. The van der Waals surface area contributed by atoms with Crippen LogP contribution in [0.4, 0.5) is 5.69 Å². The van der Waals surface area contributed by atoms with E-state index >= 15 is 0 Å². The lowest BCUT2D eigenvalue weighted by molar-refractivity contribution is 0.726. The van der Waals surface area contributed by atoms with Crippen LogP contribution in [0.3, 0.4) is 0 Å². The first kappa shape index (κ1) is 9.57. The van der Waals surface area contributed by atoms with E-state index in [9.17, 15) is 0 Å². The van der Waals surface area contributed by atoms with E-state index in [0.717, 1.165) is 0 Å². The second-order valence-electron chi connectivity index (χ2n) is 4.24. The Bertz CT molecular complexity index is 285. The first-order valence-corrected chi connectivity index (χ1v) is 5.68. The Kier molecular flexibility index (Phi) is 3.07. The normalized spacial score (nSPS) is 17.9. The molecule has 0 aromatic heterocycles. The third-order valence-corrected chi connectivity index (χ3v) is 2.97. The van der Waals surface area contributed by atoms with Crippen molar-refractivity contribution in [2.75, 3.05) is 18.0 Å². The SMILES string of the molecule is Cc1cccc(N2CCCCCC2)c1. The Labute approximate surface area is 86.7 Å². The molecular formula is C13H19N. The minimum absolute atomic E-state index is 1.24. The minimum Gasteiger partial charge on any atom is -0.372 e. The van der Waals surface area contributed by atoms with Crippen molar-refractivity contribution in [3.8, 4) is 0 Å². The van der Waals surface area contributed by atoms with E-state index < -0.39 is 0 Å². The van der Waals surface area contributed by atoms with Crippen LogP contribution in [0.25, 0.3) is 0 Å². The molecule has 1 nitrogen and oxygen atoms in total. The summed E-state index contributed by atoms with van der Waals surface area (Å²) < 4.78 is 0. The van der Waals surface area contributed by atoms with Gasteiger partial charge in [-0.2, -0.15) is 0 Å². The molecule has 1 aromatic rings. The van der Waals surface area contributed by atoms with E-state index in [1.807, 2.05) is 0 Å². The maximum Gasteiger partial charge on any atom is 0.0368 e. The van der Waals surface area contributed by atoms with Crippen LogP contribution in [0.2, 0.25) is 0 Å². The van der Waals surface area contributed by atoms with Gasteiger partial charge in [-0.25, -0.2) is 0 Å². The highest BCUT2D eigenvalue weighted by Gasteiger charge is 2.08. The van der Waals surface area contributed by atoms with E-state index in [-0.39, 0.29) is 0 Å². The number of anilines is 1. The predicted molar refractivity (Wildman–Crippen MR) is 61.9 cm³/mol. The summed E-state index contributed by atoms with van der Waals surface area (Å²) in [7, 11) is 0. The molecule has 1 aliphatic rings. The average Bonchev–Trinajstić information content (AvgIpc) is 2.45. The minimum atomic E-state index is 1.24. The van der Waals surface area contributed by atoms with E-state index in [1.165, 1.54) is 50.0 Å². The molecule has 0 saturated carbocycles. The van der Waals surface area contributed by atoms with Gasteiger partial charge in [-0.1, -0.05) is 25.0 Å². The summed E-state index contributed by atoms with van der Waals surface area (Å²) in [6.45, 7) is 4.65. The Morgan fingerprint density at radius 3 is 2.36 bits per heavy atom. The van der Waals surface area contributed by atoms with Gasteiger partial charge in [0.1, 0.15) is 0 Å². The average molecular weight is 189 g/mol. The van der Waals surface area contributed by atoms with Crippen LogP contribution in [-0.4, -0.2) is 13.1 Å². The third-order valence-electron chi connectivity index (χ3n) is 2.97. The summed E-state index contributed by atoms with van der Waals surface area (Å²) in [6, 6.07) is 8.86. The molecule has 1 aliphatic heterocycles. The molecule has 0 unspecified atom stereocenters. The Hall–Kier alpha value is -0.980. The lowest BCUT2D eigenvalue weighted by Crippen LogP contribution is -2.23. The zero-order chi connectivity index (χ0) is 9.80. The van der Waals surface area contributed by atoms with Crippen LogP contribution in [0.5, 0.6) is 0 Å². The van der Waals surface area contributed by atoms with Crippen molar-refractivity contribution in [3.63, 3.8) is 0 Å². The highest BCUT2D eigenvalue weighted by atomic mass is 15.1. The van der Waals surface area contributed by atoms with Gasteiger partial charge < -0.3 is 4.90 Å². The monoisotopic (exact) mass is 189 g/mol. The number of benzene rings is 1. The molecule has 0 atom stereocenters. The first-order chi connectivity index (χ1) is 6.86. The molecule has 0 bridgehead atoms. The van der Waals surface area contributed by atoms with Crippen LogP contribution in [-0.2, 0) is 0 Å². The quantitative estimate of drug-likeness (QED) is 0.654. The Balaban J connectivity index is 2.12. The molecule has 1 heteroatoms. The largest absolute Gasteiger partial charge is 0.372 e. The molecule has 1 saturated heterocycles. The molecule has 2 rings (SSSR count). The molecule has 1 aromatic carbocycles. The van der Waals surface area contributed by atoms with Crippen molar-refractivity contribution in [1.82, 2.24) is 0 Å². The Morgan fingerprint density at radius 1 is 1.00 bits per heavy atom. The molecule has 14 heavy (non-hydrogen) atoms. The van der Waals surface area contributed by atoms with Crippen LogP contribution in [0.1, 0.15) is 31.2 Å². The number of rotatable bonds is 1. The first-order valence-electron chi connectivity index (χ1n) is 5.68. The molecule has 0 radical (unpaired) electrons. The maximum absolute atomic E-state index is 2.53. The van der Waals surface area contributed by atoms with Crippen LogP contribution in [0, 0.1) is 6.92 Å². The van der Waals surface area contributed by atoms with Crippen molar-refractivity contribution in [1.29, 1.82) is 0 Å². The van der Waals surface area contributed by atoms with Crippen LogP contribution < -0.4 is 4.90 Å². The summed E-state index contributed by atoms with van der Waals surface area (Å²) in [5.41, 5.74) is 2.78. The van der Waals surface area contributed by atoms with Gasteiger partial charge >= 0.3 is 0 Å². The topological polar surface area (TPSA) is 3.24 Å². The van der Waals surface area contributed by atoms with Crippen molar-refractivity contribution >= 4 is 5.69 Å². The fourth-order valence-corrected chi connectivity index (χ4v) is 2.15. The third kappa shape index (κ3) is 2.28. The fourth-order valence-electron chi connectivity index (χ4n) is 2.15. The van der Waals surface area contributed by atoms with Crippen molar-refractivity contribution in [2.24, 2.45) is 0 Å². The van der Waals surface area contributed by atoms with E-state index in [4.69, 9.17) is 0 Å². The molecule has 1 heterocycles. The summed E-state index contributed by atoms with van der Waals surface area (Å²) in [5.74, 6) is 0. The summed E-state index contributed by atoms with van der Waals surface area (Å²) in [6.07, 6.45) is 5.52. The van der Waals surface area contributed by atoms with Gasteiger partial charge in [0.15, 0.2) is 0 Å². The smallest absolute Gasteiger partial charge is 0.0368 e. The van der Waals surface area contributed by atoms with Gasteiger partial charge in [0.2, 0.25) is 0 Å². The van der Waals surface area contributed by atoms with Crippen molar-refractivity contribution in [2.45, 2.75) is 32.6 Å². The highest BCUT2D eigenvalue weighted by Crippen LogP contribution is 2.20. The molecule has 1 fully saturated rings.